The molecule has 0 radical (unpaired) electrons. The van der Waals surface area contributed by atoms with E-state index >= 15 is 0 Å². The Morgan fingerprint density at radius 1 is 1.53 bits per heavy atom. The van der Waals surface area contributed by atoms with Crippen LogP contribution in [0.1, 0.15) is 22.8 Å². The number of hydrogen-bond acceptors (Lipinski definition) is 5. The second kappa shape index (κ2) is 6.14. The number of ether oxygens (including phenoxy) is 1. The number of aliphatic hydroxyl groups is 1. The highest BCUT2D eigenvalue weighted by Gasteiger charge is 2.20. The van der Waals surface area contributed by atoms with Crippen molar-refractivity contribution in [3.63, 3.8) is 0 Å². The van der Waals surface area contributed by atoms with Crippen LogP contribution in [0, 0.1) is 0 Å². The van der Waals surface area contributed by atoms with Gasteiger partial charge in [0.2, 0.25) is 0 Å². The minimum absolute atomic E-state index is 0.00400. The van der Waals surface area contributed by atoms with Gasteiger partial charge in [0.25, 0.3) is 0 Å². The van der Waals surface area contributed by atoms with Gasteiger partial charge in [-0.25, -0.2) is 0 Å². The number of morpholine rings is 1. The molecule has 1 heterocycles. The van der Waals surface area contributed by atoms with Gasteiger partial charge in [-0.1, -0.05) is 0 Å². The minimum Gasteiger partial charge on any atom is -0.508 e. The third-order valence-electron chi connectivity index (χ3n) is 3.31. The van der Waals surface area contributed by atoms with E-state index in [0.717, 1.165) is 12.1 Å². The van der Waals surface area contributed by atoms with Crippen LogP contribution in [0.25, 0.3) is 0 Å². The summed E-state index contributed by atoms with van der Waals surface area (Å²) in [5, 5.41) is 19.0. The van der Waals surface area contributed by atoms with Crippen molar-refractivity contribution in [2.45, 2.75) is 19.6 Å². The molecular formula is C14H19NO4. The molecule has 0 aliphatic carbocycles. The lowest BCUT2D eigenvalue weighted by Gasteiger charge is -2.32. The highest BCUT2D eigenvalue weighted by atomic mass is 16.5. The standard InChI is InChI=1S/C14H19NO4/c1-10(17)11-2-3-14(18)12(6-11)7-15-4-5-19-13(8-15)9-16/h2-3,6,13,16,18H,4-5,7-9H2,1H3. The second-order valence-electron chi connectivity index (χ2n) is 4.81. The predicted octanol–water partition coefficient (Wildman–Crippen LogP) is 0.788. The van der Waals surface area contributed by atoms with Crippen molar-refractivity contribution in [1.29, 1.82) is 0 Å². The van der Waals surface area contributed by atoms with Crippen LogP contribution in [0.15, 0.2) is 18.2 Å². The van der Waals surface area contributed by atoms with Crippen molar-refractivity contribution < 1.29 is 19.7 Å². The number of rotatable bonds is 4. The van der Waals surface area contributed by atoms with Gasteiger partial charge in [-0.2, -0.15) is 0 Å². The van der Waals surface area contributed by atoms with Crippen molar-refractivity contribution in [3.8, 4) is 5.75 Å². The quantitative estimate of drug-likeness (QED) is 0.788. The molecule has 1 aliphatic rings. The zero-order chi connectivity index (χ0) is 13.8. The number of aromatic hydroxyl groups is 1. The summed E-state index contributed by atoms with van der Waals surface area (Å²) in [6.45, 7) is 3.99. The van der Waals surface area contributed by atoms with Crippen LogP contribution >= 0.6 is 0 Å². The largest absolute Gasteiger partial charge is 0.508 e. The average Bonchev–Trinajstić information content (AvgIpc) is 2.41. The molecule has 2 N–H and O–H groups in total. The van der Waals surface area contributed by atoms with Crippen molar-refractivity contribution in [2.75, 3.05) is 26.3 Å². The van der Waals surface area contributed by atoms with E-state index in [1.807, 2.05) is 0 Å². The third-order valence-corrected chi connectivity index (χ3v) is 3.31. The number of nitrogens with zero attached hydrogens (tertiary/aromatic N) is 1. The zero-order valence-corrected chi connectivity index (χ0v) is 11.0. The van der Waals surface area contributed by atoms with Crippen LogP contribution in [-0.2, 0) is 11.3 Å². The van der Waals surface area contributed by atoms with Crippen molar-refractivity contribution in [1.82, 2.24) is 4.90 Å². The van der Waals surface area contributed by atoms with E-state index in [2.05, 4.69) is 4.90 Å². The smallest absolute Gasteiger partial charge is 0.159 e. The van der Waals surface area contributed by atoms with Gasteiger partial charge < -0.3 is 14.9 Å². The number of benzene rings is 1. The maximum Gasteiger partial charge on any atom is 0.159 e. The maximum absolute atomic E-state index is 11.4. The van der Waals surface area contributed by atoms with Crippen LogP contribution in [0.4, 0.5) is 0 Å². The Balaban J connectivity index is 2.09. The van der Waals surface area contributed by atoms with E-state index in [-0.39, 0.29) is 24.2 Å². The van der Waals surface area contributed by atoms with E-state index < -0.39 is 0 Å². The Morgan fingerprint density at radius 2 is 2.32 bits per heavy atom. The van der Waals surface area contributed by atoms with Crippen molar-refractivity contribution in [3.05, 3.63) is 29.3 Å². The lowest BCUT2D eigenvalue weighted by Crippen LogP contribution is -2.43. The zero-order valence-electron chi connectivity index (χ0n) is 11.0. The highest BCUT2D eigenvalue weighted by molar-refractivity contribution is 5.94. The first-order chi connectivity index (χ1) is 9.10. The number of carbonyl (C=O) groups is 1. The van der Waals surface area contributed by atoms with Crippen LogP contribution in [-0.4, -0.2) is 53.3 Å². The first-order valence-corrected chi connectivity index (χ1v) is 6.38. The van der Waals surface area contributed by atoms with Gasteiger partial charge in [-0.3, -0.25) is 9.69 Å². The van der Waals surface area contributed by atoms with E-state index in [1.165, 1.54) is 6.92 Å². The first-order valence-electron chi connectivity index (χ1n) is 6.38. The molecular weight excluding hydrogens is 246 g/mol. The van der Waals surface area contributed by atoms with E-state index in [9.17, 15) is 9.90 Å². The van der Waals surface area contributed by atoms with E-state index in [1.54, 1.807) is 18.2 Å². The lowest BCUT2D eigenvalue weighted by molar-refractivity contribution is -0.0552. The molecule has 1 saturated heterocycles. The number of phenolic OH excluding ortho intramolecular Hbond substituents is 1. The lowest BCUT2D eigenvalue weighted by atomic mass is 10.1. The van der Waals surface area contributed by atoms with Crippen molar-refractivity contribution in [2.24, 2.45) is 0 Å². The molecule has 0 aromatic heterocycles. The molecule has 1 aromatic rings. The minimum atomic E-state index is -0.174. The second-order valence-corrected chi connectivity index (χ2v) is 4.81. The highest BCUT2D eigenvalue weighted by Crippen LogP contribution is 2.21. The molecule has 2 rings (SSSR count). The number of aliphatic hydroxyl groups excluding tert-OH is 1. The Hall–Kier alpha value is -1.43. The molecule has 19 heavy (non-hydrogen) atoms. The number of hydrogen-bond donors (Lipinski definition) is 2. The third kappa shape index (κ3) is 3.53. The summed E-state index contributed by atoms with van der Waals surface area (Å²) in [6.07, 6.45) is -0.174. The maximum atomic E-state index is 11.4. The molecule has 0 spiro atoms. The Kier molecular flexibility index (Phi) is 4.52. The molecule has 5 nitrogen and oxygen atoms in total. The van der Waals surface area contributed by atoms with Gasteiger partial charge in [-0.05, 0) is 25.1 Å². The van der Waals surface area contributed by atoms with Crippen LogP contribution in [0.5, 0.6) is 5.75 Å². The molecule has 0 bridgehead atoms. The van der Waals surface area contributed by atoms with E-state index in [4.69, 9.17) is 9.84 Å². The Morgan fingerprint density at radius 3 is 3.00 bits per heavy atom. The predicted molar refractivity (Wildman–Crippen MR) is 70.2 cm³/mol. The summed E-state index contributed by atoms with van der Waals surface area (Å²) < 4.78 is 5.38. The van der Waals surface area contributed by atoms with E-state index in [0.29, 0.717) is 25.3 Å². The normalized spacial score (nSPS) is 20.4. The molecule has 0 amide bonds. The molecule has 1 atom stereocenters. The topological polar surface area (TPSA) is 70.0 Å². The van der Waals surface area contributed by atoms with Gasteiger partial charge in [0.05, 0.1) is 19.3 Å². The summed E-state index contributed by atoms with van der Waals surface area (Å²) in [7, 11) is 0. The number of phenols is 1. The monoisotopic (exact) mass is 265 g/mol. The molecule has 0 saturated carbocycles. The Labute approximate surface area is 112 Å². The molecule has 1 fully saturated rings. The van der Waals surface area contributed by atoms with Gasteiger partial charge in [0.1, 0.15) is 5.75 Å². The number of Topliss-reactive ketones (excluding diaryl/α,β-unsaturated/α-hetero) is 1. The van der Waals surface area contributed by atoms with Crippen molar-refractivity contribution >= 4 is 5.78 Å². The van der Waals surface area contributed by atoms with Crippen LogP contribution < -0.4 is 0 Å². The van der Waals surface area contributed by atoms with Gasteiger partial charge in [0.15, 0.2) is 5.78 Å². The first kappa shape index (κ1) is 14.0. The molecule has 1 aliphatic heterocycles. The van der Waals surface area contributed by atoms with Crippen LogP contribution in [0.2, 0.25) is 0 Å². The number of carbonyl (C=O) groups excluding carboxylic acids is 1. The van der Waals surface area contributed by atoms with Gasteiger partial charge in [0, 0.05) is 30.8 Å². The molecule has 104 valence electrons. The molecule has 5 heteroatoms. The molecule has 1 unspecified atom stereocenters. The fourth-order valence-corrected chi connectivity index (χ4v) is 2.21. The fraction of sp³-hybridized carbons (Fsp3) is 0.500. The fourth-order valence-electron chi connectivity index (χ4n) is 2.21. The summed E-state index contributed by atoms with van der Waals surface area (Å²) in [5.74, 6) is 0.175. The van der Waals surface area contributed by atoms with Gasteiger partial charge in [-0.15, -0.1) is 0 Å². The van der Waals surface area contributed by atoms with Gasteiger partial charge >= 0.3 is 0 Å². The summed E-state index contributed by atoms with van der Waals surface area (Å²) in [6, 6.07) is 4.90. The summed E-state index contributed by atoms with van der Waals surface area (Å²) in [4.78, 5) is 13.5. The number of ketones is 1. The summed E-state index contributed by atoms with van der Waals surface area (Å²) in [5.41, 5.74) is 1.33. The Bertz CT molecular complexity index is 461. The summed E-state index contributed by atoms with van der Waals surface area (Å²) >= 11 is 0. The molecule has 1 aromatic carbocycles. The average molecular weight is 265 g/mol. The van der Waals surface area contributed by atoms with Crippen LogP contribution in [0.3, 0.4) is 0 Å². The SMILES string of the molecule is CC(=O)c1ccc(O)c(CN2CCOC(CO)C2)c1.